The molecule has 3 rings (SSSR count). The van der Waals surface area contributed by atoms with Gasteiger partial charge in [-0.15, -0.1) is 11.8 Å². The molecule has 0 radical (unpaired) electrons. The molecule has 2 aromatic rings. The van der Waals surface area contributed by atoms with Gasteiger partial charge in [0, 0.05) is 10.1 Å². The summed E-state index contributed by atoms with van der Waals surface area (Å²) in [5.41, 5.74) is 1.31. The minimum atomic E-state index is -1.11. The Morgan fingerprint density at radius 2 is 1.96 bits per heavy atom. The first kappa shape index (κ1) is 19.5. The lowest BCUT2D eigenvalue weighted by atomic mass is 10.1. The molecule has 2 heterocycles. The monoisotopic (exact) mass is 388 g/mol. The van der Waals surface area contributed by atoms with E-state index in [4.69, 9.17) is 9.52 Å². The number of nitrogens with one attached hydrogen (secondary N) is 1. The van der Waals surface area contributed by atoms with E-state index >= 15 is 0 Å². The number of piperidine rings is 1. The van der Waals surface area contributed by atoms with Gasteiger partial charge < -0.3 is 14.8 Å². The van der Waals surface area contributed by atoms with Crippen molar-refractivity contribution in [2.24, 2.45) is 0 Å². The van der Waals surface area contributed by atoms with Gasteiger partial charge in [0.1, 0.15) is 5.76 Å². The number of furan rings is 1. The number of carbonyl (C=O) groups is 2. The number of carbonyl (C=O) groups excluding carboxylic acids is 1. The highest BCUT2D eigenvalue weighted by atomic mass is 32.2. The van der Waals surface area contributed by atoms with E-state index in [1.54, 1.807) is 6.07 Å². The number of benzene rings is 1. The Morgan fingerprint density at radius 3 is 2.63 bits per heavy atom. The zero-order valence-electron chi connectivity index (χ0n) is 15.3. The van der Waals surface area contributed by atoms with Crippen molar-refractivity contribution in [3.8, 4) is 0 Å². The molecule has 1 amide bonds. The van der Waals surface area contributed by atoms with Crippen molar-refractivity contribution in [1.82, 2.24) is 10.2 Å². The maximum atomic E-state index is 12.1. The molecule has 1 saturated heterocycles. The van der Waals surface area contributed by atoms with Crippen LogP contribution in [0.1, 0.15) is 34.7 Å². The molecule has 6 nitrogen and oxygen atoms in total. The normalized spacial score (nSPS) is 15.6. The van der Waals surface area contributed by atoms with Gasteiger partial charge in [0.05, 0.1) is 13.1 Å². The smallest absolute Gasteiger partial charge is 0.371 e. The summed E-state index contributed by atoms with van der Waals surface area (Å²) >= 11 is 1.94. The second kappa shape index (κ2) is 9.10. The first-order chi connectivity index (χ1) is 13.0. The highest BCUT2D eigenvalue weighted by Crippen LogP contribution is 2.32. The van der Waals surface area contributed by atoms with Gasteiger partial charge in [-0.25, -0.2) is 4.79 Å². The summed E-state index contributed by atoms with van der Waals surface area (Å²) in [5.74, 6) is -0.867. The van der Waals surface area contributed by atoms with Crippen LogP contribution in [0.4, 0.5) is 0 Å². The average molecular weight is 388 g/mol. The minimum Gasteiger partial charge on any atom is -0.475 e. The van der Waals surface area contributed by atoms with Crippen LogP contribution in [-0.2, 0) is 11.3 Å². The molecule has 7 heteroatoms. The predicted octanol–water partition coefficient (Wildman–Crippen LogP) is 3.16. The maximum Gasteiger partial charge on any atom is 0.371 e. The summed E-state index contributed by atoms with van der Waals surface area (Å²) < 4.78 is 5.14. The van der Waals surface area contributed by atoms with Gasteiger partial charge in [0.15, 0.2) is 0 Å². The number of aryl methyl sites for hydroxylation is 1. The summed E-state index contributed by atoms with van der Waals surface area (Å²) in [6.45, 7) is 4.50. The third-order valence-electron chi connectivity index (χ3n) is 4.62. The van der Waals surface area contributed by atoms with Crippen LogP contribution in [0.5, 0.6) is 0 Å². The SMILES string of the molecule is Cc1ccccc1SC1CCN(CC(=O)NCc2ccc(C(=O)O)o2)CC1. The molecule has 1 aromatic carbocycles. The van der Waals surface area contributed by atoms with Crippen molar-refractivity contribution < 1.29 is 19.1 Å². The highest BCUT2D eigenvalue weighted by Gasteiger charge is 2.22. The van der Waals surface area contributed by atoms with Crippen molar-refractivity contribution in [1.29, 1.82) is 0 Å². The number of amides is 1. The van der Waals surface area contributed by atoms with Crippen LogP contribution < -0.4 is 5.32 Å². The number of likely N-dealkylation sites (tertiary alicyclic amines) is 1. The summed E-state index contributed by atoms with van der Waals surface area (Å²) in [6.07, 6.45) is 2.12. The molecule has 0 spiro atoms. The van der Waals surface area contributed by atoms with Crippen molar-refractivity contribution in [3.05, 3.63) is 53.5 Å². The Labute approximate surface area is 162 Å². The molecule has 0 saturated carbocycles. The first-order valence-electron chi connectivity index (χ1n) is 9.04. The fourth-order valence-electron chi connectivity index (χ4n) is 3.09. The van der Waals surface area contributed by atoms with Crippen LogP contribution in [-0.4, -0.2) is 46.8 Å². The molecule has 2 N–H and O–H groups in total. The Balaban J connectivity index is 1.39. The van der Waals surface area contributed by atoms with E-state index < -0.39 is 5.97 Å². The van der Waals surface area contributed by atoms with Crippen molar-refractivity contribution in [2.75, 3.05) is 19.6 Å². The van der Waals surface area contributed by atoms with E-state index in [9.17, 15) is 9.59 Å². The molecule has 0 atom stereocenters. The highest BCUT2D eigenvalue weighted by molar-refractivity contribution is 8.00. The fraction of sp³-hybridized carbons (Fsp3) is 0.400. The van der Waals surface area contributed by atoms with Crippen LogP contribution >= 0.6 is 11.8 Å². The zero-order valence-corrected chi connectivity index (χ0v) is 16.1. The van der Waals surface area contributed by atoms with Crippen LogP contribution in [0.25, 0.3) is 0 Å². The molecular formula is C20H24N2O4S. The summed E-state index contributed by atoms with van der Waals surface area (Å²) in [6, 6.07) is 11.4. The lowest BCUT2D eigenvalue weighted by Crippen LogP contribution is -2.41. The molecule has 1 aliphatic heterocycles. The molecule has 0 bridgehead atoms. The fourth-order valence-corrected chi connectivity index (χ4v) is 4.30. The lowest BCUT2D eigenvalue weighted by Gasteiger charge is -2.31. The number of hydrogen-bond donors (Lipinski definition) is 2. The number of aromatic carboxylic acids is 1. The Bertz CT molecular complexity index is 797. The van der Waals surface area contributed by atoms with E-state index in [0.29, 0.717) is 17.6 Å². The standard InChI is InChI=1S/C20H24N2O4S/c1-14-4-2-3-5-18(14)27-16-8-10-22(11-9-16)13-19(23)21-12-15-6-7-17(26-15)20(24)25/h2-7,16H,8-13H2,1H3,(H,21,23)(H,24,25). The first-order valence-corrected chi connectivity index (χ1v) is 9.92. The van der Waals surface area contributed by atoms with E-state index in [0.717, 1.165) is 25.9 Å². The second-order valence-electron chi connectivity index (χ2n) is 6.71. The second-order valence-corrected chi connectivity index (χ2v) is 8.05. The van der Waals surface area contributed by atoms with Crippen LogP contribution in [0.3, 0.4) is 0 Å². The van der Waals surface area contributed by atoms with Gasteiger partial charge in [0.25, 0.3) is 0 Å². The molecule has 0 unspecified atom stereocenters. The molecular weight excluding hydrogens is 364 g/mol. The lowest BCUT2D eigenvalue weighted by molar-refractivity contribution is -0.122. The number of nitrogens with zero attached hydrogens (tertiary/aromatic N) is 1. The number of carboxylic acids is 1. The van der Waals surface area contributed by atoms with Crippen LogP contribution in [0.2, 0.25) is 0 Å². The van der Waals surface area contributed by atoms with E-state index in [1.807, 2.05) is 11.8 Å². The van der Waals surface area contributed by atoms with Gasteiger partial charge in [0.2, 0.25) is 11.7 Å². The molecule has 1 aromatic heterocycles. The number of thioether (sulfide) groups is 1. The van der Waals surface area contributed by atoms with Crippen molar-refractivity contribution in [3.63, 3.8) is 0 Å². The average Bonchev–Trinajstić information content (AvgIpc) is 3.13. The topological polar surface area (TPSA) is 82.8 Å². The molecule has 1 aliphatic rings. The third-order valence-corrected chi connectivity index (χ3v) is 6.14. The number of carboxylic acid groups (broad SMARTS) is 1. The largest absolute Gasteiger partial charge is 0.475 e. The quantitative estimate of drug-likeness (QED) is 0.758. The number of hydrogen-bond acceptors (Lipinski definition) is 5. The molecule has 144 valence electrons. The summed E-state index contributed by atoms with van der Waals surface area (Å²) in [7, 11) is 0. The molecule has 1 fully saturated rings. The van der Waals surface area contributed by atoms with Crippen molar-refractivity contribution in [2.45, 2.75) is 36.5 Å². The maximum absolute atomic E-state index is 12.1. The van der Waals surface area contributed by atoms with Gasteiger partial charge in [-0.2, -0.15) is 0 Å². The number of rotatable bonds is 7. The van der Waals surface area contributed by atoms with Gasteiger partial charge in [-0.3, -0.25) is 9.69 Å². The van der Waals surface area contributed by atoms with E-state index in [1.165, 1.54) is 16.5 Å². The Morgan fingerprint density at radius 1 is 1.22 bits per heavy atom. The molecule has 0 aliphatic carbocycles. The van der Waals surface area contributed by atoms with Crippen LogP contribution in [0.15, 0.2) is 45.7 Å². The zero-order chi connectivity index (χ0) is 19.2. The van der Waals surface area contributed by atoms with Crippen molar-refractivity contribution >= 4 is 23.6 Å². The van der Waals surface area contributed by atoms with Gasteiger partial charge >= 0.3 is 5.97 Å². The van der Waals surface area contributed by atoms with Gasteiger partial charge in [-0.05, 0) is 56.6 Å². The summed E-state index contributed by atoms with van der Waals surface area (Å²) in [4.78, 5) is 26.4. The minimum absolute atomic E-state index is 0.0757. The third kappa shape index (κ3) is 5.61. The Hall–Kier alpha value is -2.25. The van der Waals surface area contributed by atoms with E-state index in [2.05, 4.69) is 41.4 Å². The predicted molar refractivity (Wildman–Crippen MR) is 104 cm³/mol. The Kier molecular flexibility index (Phi) is 6.58. The molecule has 27 heavy (non-hydrogen) atoms. The summed E-state index contributed by atoms with van der Waals surface area (Å²) in [5, 5.41) is 12.2. The van der Waals surface area contributed by atoms with Gasteiger partial charge in [-0.1, -0.05) is 18.2 Å². The van der Waals surface area contributed by atoms with Crippen LogP contribution in [0, 0.1) is 6.92 Å². The van der Waals surface area contributed by atoms with E-state index in [-0.39, 0.29) is 18.2 Å².